The van der Waals surface area contributed by atoms with Crippen LogP contribution in [0.3, 0.4) is 0 Å². The molecule has 1 aliphatic carbocycles. The molecule has 0 aromatic heterocycles. The second-order valence-electron chi connectivity index (χ2n) is 9.59. The number of benzene rings is 1. The number of carbonyl (C=O) groups excluding carboxylic acids is 2. The molecule has 3 fully saturated rings. The molecule has 176 valence electrons. The summed E-state index contributed by atoms with van der Waals surface area (Å²) in [4.78, 5) is 30.1. The molecule has 32 heavy (non-hydrogen) atoms. The molecule has 4 atom stereocenters. The van der Waals surface area contributed by atoms with Crippen molar-refractivity contribution in [2.45, 2.75) is 88.4 Å². The lowest BCUT2D eigenvalue weighted by Crippen LogP contribution is -2.50. The van der Waals surface area contributed by atoms with Crippen LogP contribution in [0.2, 0.25) is 0 Å². The Morgan fingerprint density at radius 3 is 2.38 bits per heavy atom. The molecular formula is C25H33F3N2O2. The van der Waals surface area contributed by atoms with E-state index in [9.17, 15) is 22.8 Å². The minimum atomic E-state index is -4.35. The highest BCUT2D eigenvalue weighted by atomic mass is 19.4. The first-order valence-corrected chi connectivity index (χ1v) is 12.1. The van der Waals surface area contributed by atoms with E-state index in [1.165, 1.54) is 12.1 Å². The molecule has 1 saturated carbocycles. The fourth-order valence-electron chi connectivity index (χ4n) is 5.98. The zero-order valence-corrected chi connectivity index (χ0v) is 18.5. The summed E-state index contributed by atoms with van der Waals surface area (Å²) in [6, 6.07) is 7.56. The first-order valence-electron chi connectivity index (χ1n) is 12.1. The van der Waals surface area contributed by atoms with E-state index in [-0.39, 0.29) is 42.7 Å². The third-order valence-electron chi connectivity index (χ3n) is 7.56. The molecule has 2 amide bonds. The smallest absolute Gasteiger partial charge is 0.341 e. The number of nitrogens with zero attached hydrogens (tertiary/aromatic N) is 2. The number of hydrogen-bond donors (Lipinski definition) is 0. The van der Waals surface area contributed by atoms with Crippen molar-refractivity contribution in [3.8, 4) is 0 Å². The number of alkyl halides is 3. The zero-order chi connectivity index (χ0) is 22.7. The van der Waals surface area contributed by atoms with Gasteiger partial charge < -0.3 is 9.80 Å². The van der Waals surface area contributed by atoms with Gasteiger partial charge in [-0.15, -0.1) is 0 Å². The van der Waals surface area contributed by atoms with Gasteiger partial charge in [-0.1, -0.05) is 43.2 Å². The first-order chi connectivity index (χ1) is 15.4. The van der Waals surface area contributed by atoms with Crippen molar-refractivity contribution in [1.29, 1.82) is 0 Å². The Labute approximate surface area is 188 Å². The van der Waals surface area contributed by atoms with Crippen LogP contribution in [-0.4, -0.2) is 53.0 Å². The van der Waals surface area contributed by atoms with Crippen LogP contribution in [0.1, 0.15) is 75.7 Å². The number of carbonyl (C=O) groups is 2. The van der Waals surface area contributed by atoms with Crippen LogP contribution in [0.4, 0.5) is 13.2 Å². The maximum absolute atomic E-state index is 13.6. The summed E-state index contributed by atoms with van der Waals surface area (Å²) in [5, 5.41) is 0. The second kappa shape index (κ2) is 9.84. The largest absolute Gasteiger partial charge is 0.395 e. The number of rotatable bonds is 6. The van der Waals surface area contributed by atoms with Gasteiger partial charge in [-0.05, 0) is 56.4 Å². The van der Waals surface area contributed by atoms with Crippen LogP contribution in [0, 0.1) is 5.92 Å². The van der Waals surface area contributed by atoms with Crippen LogP contribution >= 0.6 is 0 Å². The summed E-state index contributed by atoms with van der Waals surface area (Å²) in [5.41, 5.74) is 0.239. The van der Waals surface area contributed by atoms with Gasteiger partial charge in [-0.25, -0.2) is 0 Å². The Morgan fingerprint density at radius 2 is 1.69 bits per heavy atom. The van der Waals surface area contributed by atoms with Crippen LogP contribution in [0.15, 0.2) is 30.3 Å². The predicted molar refractivity (Wildman–Crippen MR) is 116 cm³/mol. The zero-order valence-electron chi connectivity index (χ0n) is 18.5. The van der Waals surface area contributed by atoms with Crippen molar-refractivity contribution in [1.82, 2.24) is 9.80 Å². The minimum absolute atomic E-state index is 0.0442. The molecule has 4 rings (SSSR count). The Hall–Kier alpha value is -2.05. The monoisotopic (exact) mass is 450 g/mol. The van der Waals surface area contributed by atoms with Gasteiger partial charge in [-0.2, -0.15) is 13.2 Å². The van der Waals surface area contributed by atoms with Crippen molar-refractivity contribution >= 4 is 11.8 Å². The number of fused-ring (bicyclic) bond motifs is 1. The molecule has 2 heterocycles. The van der Waals surface area contributed by atoms with Gasteiger partial charge in [0.1, 0.15) is 6.04 Å². The van der Waals surface area contributed by atoms with Gasteiger partial charge in [0.05, 0.1) is 5.92 Å². The van der Waals surface area contributed by atoms with Crippen molar-refractivity contribution in [3.05, 3.63) is 35.9 Å². The Kier molecular flexibility index (Phi) is 7.11. The van der Waals surface area contributed by atoms with Crippen LogP contribution in [-0.2, 0) is 9.59 Å². The SMILES string of the molecule is O=C([C@@H]1C[C@@H]2CCCC[C@@H]2N1C(=O)CCC[C@H](c1ccccc1)C(F)(F)F)N1CCCC1. The van der Waals surface area contributed by atoms with E-state index in [1.807, 2.05) is 4.90 Å². The lowest BCUT2D eigenvalue weighted by molar-refractivity contribution is -0.153. The summed E-state index contributed by atoms with van der Waals surface area (Å²) in [5.74, 6) is -1.33. The number of hydrogen-bond acceptors (Lipinski definition) is 2. The average molecular weight is 451 g/mol. The van der Waals surface area contributed by atoms with Crippen molar-refractivity contribution in [3.63, 3.8) is 0 Å². The molecule has 0 radical (unpaired) electrons. The summed E-state index contributed by atoms with van der Waals surface area (Å²) in [6.07, 6.45) is 2.56. The molecule has 0 bridgehead atoms. The third-order valence-corrected chi connectivity index (χ3v) is 7.56. The van der Waals surface area contributed by atoms with E-state index < -0.39 is 18.1 Å². The first kappa shape index (κ1) is 23.1. The van der Waals surface area contributed by atoms with Gasteiger partial charge >= 0.3 is 6.18 Å². The van der Waals surface area contributed by atoms with Crippen LogP contribution in [0.5, 0.6) is 0 Å². The molecule has 0 N–H and O–H groups in total. The topological polar surface area (TPSA) is 40.6 Å². The normalized spacial score (nSPS) is 26.8. The van der Waals surface area contributed by atoms with E-state index in [1.54, 1.807) is 23.1 Å². The van der Waals surface area contributed by atoms with E-state index in [0.717, 1.165) is 51.6 Å². The Bertz CT molecular complexity index is 792. The van der Waals surface area contributed by atoms with Gasteiger partial charge in [-0.3, -0.25) is 9.59 Å². The van der Waals surface area contributed by atoms with Crippen LogP contribution in [0.25, 0.3) is 0 Å². The average Bonchev–Trinajstić information content (AvgIpc) is 3.44. The molecule has 1 aromatic carbocycles. The maximum atomic E-state index is 13.6. The van der Waals surface area contributed by atoms with Gasteiger partial charge in [0, 0.05) is 25.6 Å². The van der Waals surface area contributed by atoms with Crippen molar-refractivity contribution < 1.29 is 22.8 Å². The minimum Gasteiger partial charge on any atom is -0.341 e. The molecular weight excluding hydrogens is 417 g/mol. The second-order valence-corrected chi connectivity index (χ2v) is 9.59. The van der Waals surface area contributed by atoms with Crippen molar-refractivity contribution in [2.75, 3.05) is 13.1 Å². The fourth-order valence-corrected chi connectivity index (χ4v) is 5.98. The lowest BCUT2D eigenvalue weighted by atomic mass is 9.84. The molecule has 2 saturated heterocycles. The highest BCUT2D eigenvalue weighted by molar-refractivity contribution is 5.89. The molecule has 0 unspecified atom stereocenters. The molecule has 4 nitrogen and oxygen atoms in total. The van der Waals surface area contributed by atoms with Gasteiger partial charge in [0.15, 0.2) is 0 Å². The molecule has 2 aliphatic heterocycles. The fraction of sp³-hybridized carbons (Fsp3) is 0.680. The summed E-state index contributed by atoms with van der Waals surface area (Å²) in [6.45, 7) is 1.49. The molecule has 0 spiro atoms. The summed E-state index contributed by atoms with van der Waals surface area (Å²) in [7, 11) is 0. The van der Waals surface area contributed by atoms with E-state index in [2.05, 4.69) is 0 Å². The maximum Gasteiger partial charge on any atom is 0.395 e. The van der Waals surface area contributed by atoms with E-state index in [4.69, 9.17) is 0 Å². The predicted octanol–water partition coefficient (Wildman–Crippen LogP) is 5.28. The lowest BCUT2D eigenvalue weighted by Gasteiger charge is -2.35. The number of likely N-dealkylation sites (tertiary alicyclic amines) is 2. The number of amides is 2. The third kappa shape index (κ3) is 4.96. The van der Waals surface area contributed by atoms with Crippen LogP contribution < -0.4 is 0 Å². The number of halogens is 3. The Morgan fingerprint density at radius 1 is 1.00 bits per heavy atom. The van der Waals surface area contributed by atoms with E-state index in [0.29, 0.717) is 12.3 Å². The highest BCUT2D eigenvalue weighted by Crippen LogP contribution is 2.42. The molecule has 3 aliphatic rings. The van der Waals surface area contributed by atoms with E-state index >= 15 is 0 Å². The summed E-state index contributed by atoms with van der Waals surface area (Å²) < 4.78 is 40.9. The Balaban J connectivity index is 1.43. The molecule has 1 aromatic rings. The van der Waals surface area contributed by atoms with Gasteiger partial charge in [0.2, 0.25) is 11.8 Å². The quantitative estimate of drug-likeness (QED) is 0.591. The van der Waals surface area contributed by atoms with Gasteiger partial charge in [0.25, 0.3) is 0 Å². The molecule has 7 heteroatoms. The highest BCUT2D eigenvalue weighted by Gasteiger charge is 2.48. The standard InChI is InChI=1S/C25H33F3N2O2/c26-25(27,28)20(18-9-2-1-3-10-18)12-8-14-23(31)30-21-13-5-4-11-19(21)17-22(30)24(32)29-15-6-7-16-29/h1-3,9-10,19-22H,4-8,11-17H2/t19-,20+,21-,22-/m0/s1. The van der Waals surface area contributed by atoms with Crippen molar-refractivity contribution in [2.24, 2.45) is 5.92 Å². The summed E-state index contributed by atoms with van der Waals surface area (Å²) >= 11 is 0.